The van der Waals surface area contributed by atoms with Crippen molar-refractivity contribution in [3.63, 3.8) is 0 Å². The molecule has 6 heteroatoms. The van der Waals surface area contributed by atoms with Crippen molar-refractivity contribution in [2.24, 2.45) is 0 Å². The van der Waals surface area contributed by atoms with Crippen LogP contribution in [-0.4, -0.2) is 28.2 Å². The molecule has 0 atom stereocenters. The van der Waals surface area contributed by atoms with Crippen LogP contribution in [0.1, 0.15) is 26.1 Å². The fourth-order valence-corrected chi connectivity index (χ4v) is 3.51. The normalized spacial score (nSPS) is 10.7. The van der Waals surface area contributed by atoms with Gasteiger partial charge < -0.3 is 10.1 Å². The van der Waals surface area contributed by atoms with E-state index in [1.807, 2.05) is 55.5 Å². The Morgan fingerprint density at radius 2 is 1.85 bits per heavy atom. The van der Waals surface area contributed by atoms with E-state index in [-0.39, 0.29) is 5.91 Å². The summed E-state index contributed by atoms with van der Waals surface area (Å²) in [5.74, 6) is 1.84. The Bertz CT molecular complexity index is 913. The molecule has 0 bridgehead atoms. The molecule has 0 fully saturated rings. The van der Waals surface area contributed by atoms with Crippen LogP contribution in [0.3, 0.4) is 0 Å². The topological polar surface area (TPSA) is 64.1 Å². The first-order valence-electron chi connectivity index (χ1n) is 9.10. The van der Waals surface area contributed by atoms with Gasteiger partial charge in [-0.2, -0.15) is 0 Å². The van der Waals surface area contributed by atoms with Gasteiger partial charge in [0.2, 0.25) is 5.91 Å². The minimum atomic E-state index is -0.0658. The number of para-hydroxylation sites is 1. The molecular formula is C21H23N3O2S. The molecule has 5 nitrogen and oxygen atoms in total. The van der Waals surface area contributed by atoms with Crippen molar-refractivity contribution in [3.8, 4) is 5.75 Å². The van der Waals surface area contributed by atoms with Gasteiger partial charge in [0.15, 0.2) is 0 Å². The number of aryl methyl sites for hydroxylation is 1. The quantitative estimate of drug-likeness (QED) is 0.452. The Kier molecular flexibility index (Phi) is 6.65. The van der Waals surface area contributed by atoms with Gasteiger partial charge in [0.05, 0.1) is 17.9 Å². The predicted molar refractivity (Wildman–Crippen MR) is 110 cm³/mol. The lowest BCUT2D eigenvalue weighted by Crippen LogP contribution is -2.14. The zero-order valence-electron chi connectivity index (χ0n) is 15.6. The van der Waals surface area contributed by atoms with Crippen LogP contribution >= 0.6 is 11.8 Å². The zero-order chi connectivity index (χ0) is 19.1. The summed E-state index contributed by atoms with van der Waals surface area (Å²) >= 11 is 1.44. The molecule has 2 aromatic carbocycles. The molecule has 0 aliphatic heterocycles. The SMILES string of the molecule is CCCc1nc(SCC(=O)Nc2ccc(OCC)cc2)c2ccccc2n1. The number of benzene rings is 2. The molecule has 0 aliphatic rings. The molecule has 0 radical (unpaired) electrons. The van der Waals surface area contributed by atoms with Crippen molar-refractivity contribution in [3.05, 3.63) is 54.4 Å². The Morgan fingerprint density at radius 1 is 1.07 bits per heavy atom. The van der Waals surface area contributed by atoms with Crippen LogP contribution in [0.2, 0.25) is 0 Å². The van der Waals surface area contributed by atoms with Gasteiger partial charge in [-0.3, -0.25) is 4.79 Å². The van der Waals surface area contributed by atoms with Crippen LogP contribution in [0.15, 0.2) is 53.6 Å². The van der Waals surface area contributed by atoms with E-state index in [0.717, 1.165) is 46.0 Å². The molecule has 1 N–H and O–H groups in total. The van der Waals surface area contributed by atoms with Crippen molar-refractivity contribution >= 4 is 34.3 Å². The van der Waals surface area contributed by atoms with E-state index in [9.17, 15) is 4.79 Å². The molecule has 3 rings (SSSR count). The number of aromatic nitrogens is 2. The molecule has 1 aromatic heterocycles. The molecule has 0 saturated heterocycles. The summed E-state index contributed by atoms with van der Waals surface area (Å²) in [4.78, 5) is 21.6. The van der Waals surface area contributed by atoms with E-state index in [4.69, 9.17) is 4.74 Å². The lowest BCUT2D eigenvalue weighted by Gasteiger charge is -2.09. The number of hydrogen-bond donors (Lipinski definition) is 1. The third-order valence-electron chi connectivity index (χ3n) is 3.88. The van der Waals surface area contributed by atoms with Gasteiger partial charge in [-0.05, 0) is 43.7 Å². The maximum Gasteiger partial charge on any atom is 0.234 e. The van der Waals surface area contributed by atoms with Crippen molar-refractivity contribution in [1.82, 2.24) is 9.97 Å². The number of nitrogens with zero attached hydrogens (tertiary/aromatic N) is 2. The molecule has 1 amide bonds. The summed E-state index contributed by atoms with van der Waals surface area (Å²) in [7, 11) is 0. The highest BCUT2D eigenvalue weighted by Gasteiger charge is 2.10. The first-order valence-corrected chi connectivity index (χ1v) is 10.1. The summed E-state index contributed by atoms with van der Waals surface area (Å²) in [5.41, 5.74) is 1.67. The molecule has 140 valence electrons. The zero-order valence-corrected chi connectivity index (χ0v) is 16.4. The number of anilines is 1. The lowest BCUT2D eigenvalue weighted by atomic mass is 10.2. The monoisotopic (exact) mass is 381 g/mol. The lowest BCUT2D eigenvalue weighted by molar-refractivity contribution is -0.113. The molecule has 0 aliphatic carbocycles. The Balaban J connectivity index is 1.67. The fourth-order valence-electron chi connectivity index (χ4n) is 2.67. The largest absolute Gasteiger partial charge is 0.494 e. The van der Waals surface area contributed by atoms with Gasteiger partial charge in [0.1, 0.15) is 16.6 Å². The van der Waals surface area contributed by atoms with Crippen LogP contribution in [-0.2, 0) is 11.2 Å². The van der Waals surface area contributed by atoms with Crippen LogP contribution in [0.25, 0.3) is 10.9 Å². The standard InChI is InChI=1S/C21H23N3O2S/c1-3-7-19-23-18-9-6-5-8-17(18)21(24-19)27-14-20(25)22-15-10-12-16(13-11-15)26-4-2/h5-6,8-13H,3-4,7,14H2,1-2H3,(H,22,25). The van der Waals surface area contributed by atoms with E-state index in [1.165, 1.54) is 11.8 Å². The van der Waals surface area contributed by atoms with Crippen molar-refractivity contribution < 1.29 is 9.53 Å². The summed E-state index contributed by atoms with van der Waals surface area (Å²) < 4.78 is 5.41. The second-order valence-corrected chi connectivity index (χ2v) is 6.97. The summed E-state index contributed by atoms with van der Waals surface area (Å²) in [5, 5.41) is 4.75. The fraction of sp³-hybridized carbons (Fsp3) is 0.286. The molecule has 3 aromatic rings. The summed E-state index contributed by atoms with van der Waals surface area (Å²) in [6.07, 6.45) is 1.82. The Morgan fingerprint density at radius 3 is 2.59 bits per heavy atom. The highest BCUT2D eigenvalue weighted by Crippen LogP contribution is 2.26. The maximum absolute atomic E-state index is 12.3. The van der Waals surface area contributed by atoms with Crippen molar-refractivity contribution in [1.29, 1.82) is 0 Å². The van der Waals surface area contributed by atoms with Crippen LogP contribution in [0, 0.1) is 0 Å². The second-order valence-electron chi connectivity index (χ2n) is 6.01. The van der Waals surface area contributed by atoms with E-state index < -0.39 is 0 Å². The Hall–Kier alpha value is -2.60. The third-order valence-corrected chi connectivity index (χ3v) is 4.87. The number of rotatable bonds is 8. The number of nitrogens with one attached hydrogen (secondary N) is 1. The number of amides is 1. The predicted octanol–water partition coefficient (Wildman–Crippen LogP) is 4.71. The van der Waals surface area contributed by atoms with Gasteiger partial charge in [0, 0.05) is 17.5 Å². The molecule has 0 saturated carbocycles. The Labute approximate surface area is 163 Å². The number of carbonyl (C=O) groups is 1. The van der Waals surface area contributed by atoms with Crippen LogP contribution in [0.4, 0.5) is 5.69 Å². The summed E-state index contributed by atoms with van der Waals surface area (Å²) in [6, 6.07) is 15.3. The van der Waals surface area contributed by atoms with Gasteiger partial charge in [-0.1, -0.05) is 36.9 Å². The van der Waals surface area contributed by atoms with E-state index >= 15 is 0 Å². The first kappa shape index (κ1) is 19.2. The van der Waals surface area contributed by atoms with E-state index in [2.05, 4.69) is 22.2 Å². The highest BCUT2D eigenvalue weighted by molar-refractivity contribution is 8.00. The molecule has 27 heavy (non-hydrogen) atoms. The number of carbonyl (C=O) groups excluding carboxylic acids is 1. The number of fused-ring (bicyclic) bond motifs is 1. The number of thioether (sulfide) groups is 1. The minimum absolute atomic E-state index is 0.0658. The average molecular weight is 382 g/mol. The molecule has 0 spiro atoms. The smallest absolute Gasteiger partial charge is 0.234 e. The van der Waals surface area contributed by atoms with Crippen LogP contribution in [0.5, 0.6) is 5.75 Å². The molecule has 0 unspecified atom stereocenters. The van der Waals surface area contributed by atoms with E-state index in [0.29, 0.717) is 12.4 Å². The number of ether oxygens (including phenoxy) is 1. The molecular weight excluding hydrogens is 358 g/mol. The number of hydrogen-bond acceptors (Lipinski definition) is 5. The van der Waals surface area contributed by atoms with Gasteiger partial charge in [-0.25, -0.2) is 9.97 Å². The van der Waals surface area contributed by atoms with E-state index in [1.54, 1.807) is 0 Å². The third kappa shape index (κ3) is 5.20. The minimum Gasteiger partial charge on any atom is -0.494 e. The highest BCUT2D eigenvalue weighted by atomic mass is 32.2. The van der Waals surface area contributed by atoms with Gasteiger partial charge in [0.25, 0.3) is 0 Å². The first-order chi connectivity index (χ1) is 13.2. The maximum atomic E-state index is 12.3. The average Bonchev–Trinajstić information content (AvgIpc) is 2.68. The van der Waals surface area contributed by atoms with Gasteiger partial charge >= 0.3 is 0 Å². The molecule has 1 heterocycles. The van der Waals surface area contributed by atoms with Crippen LogP contribution < -0.4 is 10.1 Å². The van der Waals surface area contributed by atoms with Crippen molar-refractivity contribution in [2.45, 2.75) is 31.7 Å². The second kappa shape index (κ2) is 9.37. The van der Waals surface area contributed by atoms with Crippen molar-refractivity contribution in [2.75, 3.05) is 17.7 Å². The summed E-state index contributed by atoms with van der Waals surface area (Å²) in [6.45, 7) is 4.67. The van der Waals surface area contributed by atoms with Gasteiger partial charge in [-0.15, -0.1) is 0 Å².